The fourth-order valence-corrected chi connectivity index (χ4v) is 5.59. The molecule has 0 spiro atoms. The van der Waals surface area contributed by atoms with E-state index in [2.05, 4.69) is 4.90 Å². The van der Waals surface area contributed by atoms with E-state index in [-0.39, 0.29) is 11.4 Å². The van der Waals surface area contributed by atoms with Crippen molar-refractivity contribution in [3.8, 4) is 0 Å². The van der Waals surface area contributed by atoms with E-state index >= 15 is 0 Å². The molecule has 2 aliphatic rings. The van der Waals surface area contributed by atoms with Gasteiger partial charge in [-0.25, -0.2) is 18.4 Å². The zero-order chi connectivity index (χ0) is 22.9. The van der Waals surface area contributed by atoms with Crippen LogP contribution in [0.4, 0.5) is 11.5 Å². The van der Waals surface area contributed by atoms with Gasteiger partial charge in [0.1, 0.15) is 11.6 Å². The van der Waals surface area contributed by atoms with Crippen LogP contribution in [0.2, 0.25) is 0 Å². The Morgan fingerprint density at radius 1 is 1.09 bits per heavy atom. The number of rotatable bonds is 8. The van der Waals surface area contributed by atoms with Gasteiger partial charge in [-0.1, -0.05) is 19.1 Å². The van der Waals surface area contributed by atoms with Gasteiger partial charge in [0.15, 0.2) is 0 Å². The minimum Gasteiger partial charge on any atom is -0.354 e. The predicted octanol–water partition coefficient (Wildman–Crippen LogP) is 3.02. The van der Waals surface area contributed by atoms with E-state index in [1.54, 1.807) is 16.4 Å². The summed E-state index contributed by atoms with van der Waals surface area (Å²) >= 11 is 0. The van der Waals surface area contributed by atoms with E-state index in [1.807, 2.05) is 13.8 Å². The van der Waals surface area contributed by atoms with Crippen molar-refractivity contribution in [2.75, 3.05) is 36.8 Å². The standard InChI is InChI=1S/C22H29N5O4S/c1-3-14-32(30,31)26-12-10-25(11-13-26)22-20(16(2)23-21(24-22)18-6-7-18)15-17-4-8-19(9-5-17)27(28)29/h4-5,8-9,18H,3,6-7,10-15H2,1-2H3. The lowest BCUT2D eigenvalue weighted by molar-refractivity contribution is -0.384. The third kappa shape index (κ3) is 4.91. The summed E-state index contributed by atoms with van der Waals surface area (Å²) in [6.07, 6.45) is 3.38. The van der Waals surface area contributed by atoms with E-state index in [0.29, 0.717) is 44.9 Å². The molecule has 0 bridgehead atoms. The van der Waals surface area contributed by atoms with Gasteiger partial charge in [0, 0.05) is 61.9 Å². The Labute approximate surface area is 188 Å². The van der Waals surface area contributed by atoms with E-state index in [4.69, 9.17) is 9.97 Å². The number of aryl methyl sites for hydroxylation is 1. The monoisotopic (exact) mass is 459 g/mol. The number of piperazine rings is 1. The van der Waals surface area contributed by atoms with Crippen molar-refractivity contribution in [3.63, 3.8) is 0 Å². The quantitative estimate of drug-likeness (QED) is 0.441. The molecule has 0 unspecified atom stereocenters. The highest BCUT2D eigenvalue weighted by Crippen LogP contribution is 2.39. The first kappa shape index (κ1) is 22.6. The van der Waals surface area contributed by atoms with E-state index in [1.165, 1.54) is 12.1 Å². The van der Waals surface area contributed by atoms with Crippen LogP contribution in [0.1, 0.15) is 54.7 Å². The fourth-order valence-electron chi connectivity index (χ4n) is 4.10. The maximum Gasteiger partial charge on any atom is 0.269 e. The van der Waals surface area contributed by atoms with Crippen molar-refractivity contribution in [3.05, 3.63) is 57.0 Å². The van der Waals surface area contributed by atoms with E-state index in [0.717, 1.165) is 41.3 Å². The minimum absolute atomic E-state index is 0.0652. The summed E-state index contributed by atoms with van der Waals surface area (Å²) in [4.78, 5) is 22.4. The van der Waals surface area contributed by atoms with Crippen LogP contribution in [-0.4, -0.2) is 59.5 Å². The topological polar surface area (TPSA) is 110 Å². The number of benzene rings is 1. The molecule has 0 amide bonds. The molecule has 32 heavy (non-hydrogen) atoms. The highest BCUT2D eigenvalue weighted by molar-refractivity contribution is 7.89. The molecule has 2 aromatic rings. The number of nitro groups is 1. The van der Waals surface area contributed by atoms with Crippen LogP contribution < -0.4 is 4.90 Å². The second-order valence-electron chi connectivity index (χ2n) is 8.55. The number of non-ortho nitro benzene ring substituents is 1. The van der Waals surface area contributed by atoms with Crippen LogP contribution in [-0.2, 0) is 16.4 Å². The SMILES string of the molecule is CCCS(=O)(=O)N1CCN(c2nc(C3CC3)nc(C)c2Cc2ccc([N+](=O)[O-])cc2)CC1. The largest absolute Gasteiger partial charge is 0.354 e. The molecule has 1 saturated heterocycles. The van der Waals surface area contributed by atoms with Gasteiger partial charge < -0.3 is 4.90 Å². The number of hydrogen-bond donors (Lipinski definition) is 0. The van der Waals surface area contributed by atoms with Crippen molar-refractivity contribution in [2.24, 2.45) is 0 Å². The lowest BCUT2D eigenvalue weighted by Gasteiger charge is -2.36. The Morgan fingerprint density at radius 3 is 2.31 bits per heavy atom. The summed E-state index contributed by atoms with van der Waals surface area (Å²) in [7, 11) is -3.21. The molecule has 4 rings (SSSR count). The molecule has 0 atom stereocenters. The average Bonchev–Trinajstić information content (AvgIpc) is 3.61. The Morgan fingerprint density at radius 2 is 1.75 bits per heavy atom. The van der Waals surface area contributed by atoms with Gasteiger partial charge in [-0.05, 0) is 31.7 Å². The van der Waals surface area contributed by atoms with E-state index < -0.39 is 14.9 Å². The zero-order valence-electron chi connectivity index (χ0n) is 18.5. The summed E-state index contributed by atoms with van der Waals surface area (Å²) in [5.74, 6) is 2.32. The molecule has 172 valence electrons. The number of aromatic nitrogens is 2. The Balaban J connectivity index is 1.60. The smallest absolute Gasteiger partial charge is 0.269 e. The molecule has 9 nitrogen and oxygen atoms in total. The number of nitro benzene ring substituents is 1. The highest BCUT2D eigenvalue weighted by atomic mass is 32.2. The van der Waals surface area contributed by atoms with Gasteiger partial charge >= 0.3 is 0 Å². The first-order valence-electron chi connectivity index (χ1n) is 11.1. The minimum atomic E-state index is -3.21. The van der Waals surface area contributed by atoms with Gasteiger partial charge in [-0.3, -0.25) is 10.1 Å². The molecule has 1 saturated carbocycles. The first-order chi connectivity index (χ1) is 15.3. The van der Waals surface area contributed by atoms with Crippen LogP contribution >= 0.6 is 0 Å². The number of hydrogen-bond acceptors (Lipinski definition) is 7. The first-order valence-corrected chi connectivity index (χ1v) is 12.7. The predicted molar refractivity (Wildman–Crippen MR) is 123 cm³/mol. The molecule has 0 N–H and O–H groups in total. The van der Waals surface area contributed by atoms with Crippen molar-refractivity contribution in [2.45, 2.75) is 45.4 Å². The summed E-state index contributed by atoms with van der Waals surface area (Å²) in [5, 5.41) is 11.0. The van der Waals surface area contributed by atoms with E-state index in [9.17, 15) is 18.5 Å². The molecule has 2 fully saturated rings. The Hall–Kier alpha value is -2.59. The second-order valence-corrected chi connectivity index (χ2v) is 10.6. The molecule has 2 heterocycles. The van der Waals surface area contributed by atoms with Crippen LogP contribution in [0.25, 0.3) is 0 Å². The molecule has 1 aliphatic carbocycles. The van der Waals surface area contributed by atoms with Crippen LogP contribution in [0.3, 0.4) is 0 Å². The normalized spacial score (nSPS) is 17.5. The Kier molecular flexibility index (Phi) is 6.43. The van der Waals surface area contributed by atoms with Gasteiger partial charge in [0.2, 0.25) is 10.0 Å². The maximum atomic E-state index is 12.5. The molecular formula is C22H29N5O4S. The average molecular weight is 460 g/mol. The molecule has 1 aliphatic heterocycles. The van der Waals surface area contributed by atoms with Crippen LogP contribution in [0.5, 0.6) is 0 Å². The summed E-state index contributed by atoms with van der Waals surface area (Å²) in [6, 6.07) is 6.57. The Bertz CT molecular complexity index is 1090. The van der Waals surface area contributed by atoms with Crippen LogP contribution in [0.15, 0.2) is 24.3 Å². The van der Waals surface area contributed by atoms with Gasteiger partial charge in [0.05, 0.1) is 10.7 Å². The summed E-state index contributed by atoms with van der Waals surface area (Å²) < 4.78 is 26.5. The van der Waals surface area contributed by atoms with Crippen molar-refractivity contribution in [1.29, 1.82) is 0 Å². The van der Waals surface area contributed by atoms with Gasteiger partial charge in [0.25, 0.3) is 5.69 Å². The fraction of sp³-hybridized carbons (Fsp3) is 0.545. The summed E-state index contributed by atoms with van der Waals surface area (Å²) in [5.41, 5.74) is 2.92. The maximum absolute atomic E-state index is 12.5. The molecular weight excluding hydrogens is 430 g/mol. The molecule has 1 aromatic heterocycles. The van der Waals surface area contributed by atoms with Crippen molar-refractivity contribution >= 4 is 21.5 Å². The van der Waals surface area contributed by atoms with Crippen molar-refractivity contribution in [1.82, 2.24) is 14.3 Å². The number of anilines is 1. The lowest BCUT2D eigenvalue weighted by atomic mass is 10.0. The van der Waals surface area contributed by atoms with Crippen LogP contribution in [0, 0.1) is 17.0 Å². The molecule has 10 heteroatoms. The molecule has 0 radical (unpaired) electrons. The third-order valence-electron chi connectivity index (χ3n) is 6.07. The second kappa shape index (κ2) is 9.11. The number of sulfonamides is 1. The number of nitrogens with zero attached hydrogens (tertiary/aromatic N) is 5. The third-order valence-corrected chi connectivity index (χ3v) is 8.15. The molecule has 1 aromatic carbocycles. The van der Waals surface area contributed by atoms with Crippen molar-refractivity contribution < 1.29 is 13.3 Å². The summed E-state index contributed by atoms with van der Waals surface area (Å²) in [6.45, 7) is 5.91. The lowest BCUT2D eigenvalue weighted by Crippen LogP contribution is -2.49. The highest BCUT2D eigenvalue weighted by Gasteiger charge is 2.31. The van der Waals surface area contributed by atoms with Gasteiger partial charge in [-0.2, -0.15) is 4.31 Å². The zero-order valence-corrected chi connectivity index (χ0v) is 19.3. The van der Waals surface area contributed by atoms with Gasteiger partial charge in [-0.15, -0.1) is 0 Å².